The number of urea groups is 1. The summed E-state index contributed by atoms with van der Waals surface area (Å²) in [4.78, 5) is 20.7. The van der Waals surface area contributed by atoms with E-state index < -0.39 is 43.3 Å². The van der Waals surface area contributed by atoms with Gasteiger partial charge in [0.1, 0.15) is 5.82 Å². The number of sulfonamides is 1. The van der Waals surface area contributed by atoms with Crippen molar-refractivity contribution in [1.82, 2.24) is 10.0 Å². The van der Waals surface area contributed by atoms with Crippen molar-refractivity contribution in [2.24, 2.45) is 5.73 Å². The lowest BCUT2D eigenvalue weighted by molar-refractivity contribution is 0.0696. The summed E-state index contributed by atoms with van der Waals surface area (Å²) in [5, 5.41) is 10.3. The normalized spacial score (nSPS) is 11.1. The Morgan fingerprint density at radius 2 is 1.95 bits per heavy atom. The van der Waals surface area contributed by atoms with Crippen molar-refractivity contribution in [3.05, 3.63) is 28.5 Å². The van der Waals surface area contributed by atoms with Crippen LogP contribution in [0.4, 0.5) is 9.18 Å². The fraction of sp³-hybridized carbons (Fsp3) is 0.200. The predicted octanol–water partition coefficient (Wildman–Crippen LogP) is 0.124. The Balaban J connectivity index is 2.98. The Morgan fingerprint density at radius 3 is 2.48 bits per heavy atom. The van der Waals surface area contributed by atoms with E-state index in [0.717, 1.165) is 6.07 Å². The summed E-state index contributed by atoms with van der Waals surface area (Å²) >= 11 is 5.44. The van der Waals surface area contributed by atoms with Gasteiger partial charge in [0, 0.05) is 13.1 Å². The highest BCUT2D eigenvalue weighted by Gasteiger charge is 2.21. The number of carboxylic acids is 1. The molecule has 11 heteroatoms. The van der Waals surface area contributed by atoms with E-state index in [1.807, 2.05) is 4.72 Å². The Labute approximate surface area is 124 Å². The number of carboxylic acid groups (broad SMARTS) is 1. The van der Waals surface area contributed by atoms with Crippen LogP contribution in [0.15, 0.2) is 17.0 Å². The highest BCUT2D eigenvalue weighted by Crippen LogP contribution is 2.24. The molecule has 0 aliphatic carbocycles. The first-order chi connectivity index (χ1) is 9.65. The minimum atomic E-state index is -4.16. The molecule has 0 aliphatic rings. The third-order valence-corrected chi connectivity index (χ3v) is 4.08. The lowest BCUT2D eigenvalue weighted by Gasteiger charge is -2.09. The summed E-state index contributed by atoms with van der Waals surface area (Å²) in [7, 11) is -4.16. The van der Waals surface area contributed by atoms with Gasteiger partial charge in [-0.25, -0.2) is 27.1 Å². The van der Waals surface area contributed by atoms with Crippen LogP contribution < -0.4 is 15.8 Å². The molecule has 1 aromatic rings. The average molecular weight is 340 g/mol. The predicted molar refractivity (Wildman–Crippen MR) is 71.1 cm³/mol. The Kier molecular flexibility index (Phi) is 5.47. The number of nitrogens with two attached hydrogens (primary N) is 1. The molecule has 0 aliphatic heterocycles. The van der Waals surface area contributed by atoms with Gasteiger partial charge in [0.15, 0.2) is 0 Å². The second-order valence-corrected chi connectivity index (χ2v) is 5.91. The van der Waals surface area contributed by atoms with E-state index in [0.29, 0.717) is 6.07 Å². The number of primary amides is 1. The number of amides is 2. The van der Waals surface area contributed by atoms with E-state index >= 15 is 0 Å². The topological polar surface area (TPSA) is 139 Å². The molecule has 0 radical (unpaired) electrons. The lowest BCUT2D eigenvalue weighted by atomic mass is 10.2. The first-order valence-corrected chi connectivity index (χ1v) is 7.26. The van der Waals surface area contributed by atoms with Gasteiger partial charge in [0.25, 0.3) is 0 Å². The van der Waals surface area contributed by atoms with Gasteiger partial charge < -0.3 is 16.2 Å². The van der Waals surface area contributed by atoms with Crippen LogP contribution in [0.2, 0.25) is 5.02 Å². The van der Waals surface area contributed by atoms with E-state index in [-0.39, 0.29) is 13.1 Å². The molecule has 0 fully saturated rings. The maximum absolute atomic E-state index is 13.5. The molecular weight excluding hydrogens is 329 g/mol. The van der Waals surface area contributed by atoms with E-state index in [4.69, 9.17) is 22.4 Å². The van der Waals surface area contributed by atoms with Crippen LogP contribution in [0.1, 0.15) is 10.4 Å². The maximum atomic E-state index is 13.5. The van der Waals surface area contributed by atoms with E-state index in [2.05, 4.69) is 5.32 Å². The summed E-state index contributed by atoms with van der Waals surface area (Å²) < 4.78 is 39.2. The summed E-state index contributed by atoms with van der Waals surface area (Å²) in [5.41, 5.74) is 4.11. The summed E-state index contributed by atoms with van der Waals surface area (Å²) in [6.45, 7) is -0.297. The minimum absolute atomic E-state index is 0.0869. The van der Waals surface area contributed by atoms with Crippen LogP contribution in [0, 0.1) is 5.82 Å². The monoisotopic (exact) mass is 339 g/mol. The Morgan fingerprint density at radius 1 is 1.33 bits per heavy atom. The number of carbonyl (C=O) groups is 2. The molecule has 0 spiro atoms. The smallest absolute Gasteiger partial charge is 0.337 e. The number of halogens is 2. The third-order valence-electron chi connectivity index (χ3n) is 2.26. The van der Waals surface area contributed by atoms with Crippen molar-refractivity contribution < 1.29 is 27.5 Å². The zero-order valence-electron chi connectivity index (χ0n) is 10.4. The van der Waals surface area contributed by atoms with Gasteiger partial charge in [0.05, 0.1) is 15.5 Å². The molecule has 2 amide bonds. The van der Waals surface area contributed by atoms with E-state index in [9.17, 15) is 22.4 Å². The van der Waals surface area contributed by atoms with Crippen LogP contribution in [0.25, 0.3) is 0 Å². The van der Waals surface area contributed by atoms with E-state index in [1.165, 1.54) is 0 Å². The minimum Gasteiger partial charge on any atom is -0.478 e. The SMILES string of the molecule is NC(=O)NCCNS(=O)(=O)c1cc(F)c(Cl)c(C(=O)O)c1. The first-order valence-electron chi connectivity index (χ1n) is 5.40. The van der Waals surface area contributed by atoms with Crippen molar-refractivity contribution in [2.75, 3.05) is 13.1 Å². The number of hydrogen-bond donors (Lipinski definition) is 4. The second-order valence-electron chi connectivity index (χ2n) is 3.76. The van der Waals surface area contributed by atoms with Crippen molar-refractivity contribution >= 4 is 33.6 Å². The zero-order valence-corrected chi connectivity index (χ0v) is 12.0. The number of aromatic carboxylic acids is 1. The first kappa shape index (κ1) is 17.1. The molecule has 8 nitrogen and oxygen atoms in total. The molecule has 21 heavy (non-hydrogen) atoms. The molecule has 0 unspecified atom stereocenters. The molecule has 0 heterocycles. The number of benzene rings is 1. The van der Waals surface area contributed by atoms with Gasteiger partial charge in [-0.2, -0.15) is 0 Å². The van der Waals surface area contributed by atoms with Gasteiger partial charge >= 0.3 is 12.0 Å². The molecule has 1 rings (SSSR count). The molecule has 1 aromatic carbocycles. The number of rotatable bonds is 6. The number of carbonyl (C=O) groups excluding carboxylic acids is 1. The molecular formula is C10H11ClFN3O5S. The van der Waals surface area contributed by atoms with Crippen LogP contribution in [0.5, 0.6) is 0 Å². The van der Waals surface area contributed by atoms with Gasteiger partial charge in [-0.1, -0.05) is 11.6 Å². The highest BCUT2D eigenvalue weighted by molar-refractivity contribution is 7.89. The van der Waals surface area contributed by atoms with Crippen molar-refractivity contribution in [1.29, 1.82) is 0 Å². The molecule has 0 atom stereocenters. The van der Waals surface area contributed by atoms with Gasteiger partial charge in [-0.3, -0.25) is 0 Å². The molecule has 0 saturated heterocycles. The Bertz CT molecular complexity index is 680. The molecule has 5 N–H and O–H groups in total. The standard InChI is InChI=1S/C10H11ClFN3O5S/c11-8-6(9(16)17)3-5(4-7(8)12)21(19,20)15-2-1-14-10(13)18/h3-4,15H,1-2H2,(H,16,17)(H3,13,14,18). The van der Waals surface area contributed by atoms with Crippen LogP contribution >= 0.6 is 11.6 Å². The highest BCUT2D eigenvalue weighted by atomic mass is 35.5. The summed E-state index contributed by atoms with van der Waals surface area (Å²) in [6.07, 6.45) is 0. The fourth-order valence-electron chi connectivity index (χ4n) is 1.33. The van der Waals surface area contributed by atoms with Crippen molar-refractivity contribution in [2.45, 2.75) is 4.90 Å². The van der Waals surface area contributed by atoms with Gasteiger partial charge in [-0.15, -0.1) is 0 Å². The summed E-state index contributed by atoms with van der Waals surface area (Å²) in [6, 6.07) is 0.496. The second kappa shape index (κ2) is 6.70. The van der Waals surface area contributed by atoms with Crippen LogP contribution in [-0.2, 0) is 10.0 Å². The quantitative estimate of drug-likeness (QED) is 0.545. The fourth-order valence-corrected chi connectivity index (χ4v) is 2.59. The van der Waals surface area contributed by atoms with Gasteiger partial charge in [-0.05, 0) is 12.1 Å². The number of hydrogen-bond acceptors (Lipinski definition) is 4. The van der Waals surface area contributed by atoms with E-state index in [1.54, 1.807) is 0 Å². The molecule has 0 saturated carbocycles. The van der Waals surface area contributed by atoms with Crippen LogP contribution in [-0.4, -0.2) is 38.6 Å². The largest absolute Gasteiger partial charge is 0.478 e. The molecule has 0 bridgehead atoms. The van der Waals surface area contributed by atoms with Crippen LogP contribution in [0.3, 0.4) is 0 Å². The number of nitrogens with one attached hydrogen (secondary N) is 2. The third kappa shape index (κ3) is 4.55. The van der Waals surface area contributed by atoms with Crippen molar-refractivity contribution in [3.63, 3.8) is 0 Å². The van der Waals surface area contributed by atoms with Gasteiger partial charge in [0.2, 0.25) is 10.0 Å². The Hall–Kier alpha value is -1.91. The summed E-state index contributed by atoms with van der Waals surface area (Å²) in [5.74, 6) is -2.74. The van der Waals surface area contributed by atoms with Crippen molar-refractivity contribution in [3.8, 4) is 0 Å². The average Bonchev–Trinajstić information content (AvgIpc) is 2.37. The maximum Gasteiger partial charge on any atom is 0.337 e. The molecule has 116 valence electrons. The zero-order chi connectivity index (χ0) is 16.2. The molecule has 0 aromatic heterocycles. The lowest BCUT2D eigenvalue weighted by Crippen LogP contribution is -2.37.